The van der Waals surface area contributed by atoms with E-state index < -0.39 is 24.3 Å². The Bertz CT molecular complexity index is 1080. The minimum atomic E-state index is -5.08. The average molecular weight is 583 g/mol. The van der Waals surface area contributed by atoms with Gasteiger partial charge in [0.05, 0.1) is 32.0 Å². The topological polar surface area (TPSA) is 131 Å². The molecule has 1 spiro atoms. The molecule has 0 amide bonds. The van der Waals surface area contributed by atoms with E-state index in [2.05, 4.69) is 20.9 Å². The number of likely N-dealkylation sites (tertiary alicyclic amines) is 1. The van der Waals surface area contributed by atoms with Crippen molar-refractivity contribution in [3.63, 3.8) is 0 Å². The van der Waals surface area contributed by atoms with Crippen molar-refractivity contribution in [2.24, 2.45) is 0 Å². The van der Waals surface area contributed by atoms with Crippen LogP contribution >= 0.6 is 0 Å². The predicted octanol–water partition coefficient (Wildman–Crippen LogP) is 3.70. The summed E-state index contributed by atoms with van der Waals surface area (Å²) in [5.74, 6) is -4.81. The summed E-state index contributed by atoms with van der Waals surface area (Å²) >= 11 is 0. The number of carbonyl (C=O) groups is 2. The lowest BCUT2D eigenvalue weighted by molar-refractivity contribution is -0.193. The highest BCUT2D eigenvalue weighted by molar-refractivity contribution is 5.73. The molecule has 2 aromatic heterocycles. The average Bonchev–Trinajstić information content (AvgIpc) is 3.48. The molecule has 0 aromatic carbocycles. The van der Waals surface area contributed by atoms with Crippen LogP contribution in [0.5, 0.6) is 5.88 Å². The van der Waals surface area contributed by atoms with Crippen molar-refractivity contribution in [2.45, 2.75) is 50.1 Å². The number of rotatable bonds is 6. The van der Waals surface area contributed by atoms with Crippen LogP contribution in [0.1, 0.15) is 24.0 Å². The van der Waals surface area contributed by atoms with E-state index in [1.807, 2.05) is 18.2 Å². The fourth-order valence-electron chi connectivity index (χ4n) is 3.92. The highest BCUT2D eigenvalue weighted by Gasteiger charge is 2.46. The summed E-state index contributed by atoms with van der Waals surface area (Å²) in [5.41, 5.74) is 2.20. The maximum absolute atomic E-state index is 10.6. The summed E-state index contributed by atoms with van der Waals surface area (Å²) in [4.78, 5) is 28.5. The van der Waals surface area contributed by atoms with Crippen molar-refractivity contribution < 1.29 is 60.4 Å². The summed E-state index contributed by atoms with van der Waals surface area (Å²) in [6, 6.07) is 8.01. The molecule has 0 aliphatic carbocycles. The zero-order valence-electron chi connectivity index (χ0n) is 21.1. The van der Waals surface area contributed by atoms with Crippen molar-refractivity contribution in [1.82, 2.24) is 14.9 Å². The number of halogens is 6. The lowest BCUT2D eigenvalue weighted by atomic mass is 9.98. The van der Waals surface area contributed by atoms with Gasteiger partial charge in [-0.05, 0) is 30.2 Å². The number of methoxy groups -OCH3 is 1. The second kappa shape index (κ2) is 14.2. The van der Waals surface area contributed by atoms with Crippen molar-refractivity contribution in [3.05, 3.63) is 54.0 Å². The Morgan fingerprint density at radius 3 is 2.23 bits per heavy atom. The van der Waals surface area contributed by atoms with Gasteiger partial charge in [-0.25, -0.2) is 14.6 Å². The van der Waals surface area contributed by atoms with Crippen molar-refractivity contribution in [3.8, 4) is 5.88 Å². The smallest absolute Gasteiger partial charge is 0.481 e. The van der Waals surface area contributed by atoms with Gasteiger partial charge in [-0.1, -0.05) is 6.07 Å². The molecule has 10 nitrogen and oxygen atoms in total. The molecule has 2 aromatic rings. The first-order valence-electron chi connectivity index (χ1n) is 11.6. The molecule has 2 aliphatic heterocycles. The zero-order chi connectivity index (χ0) is 30.0. The Morgan fingerprint density at radius 1 is 1.07 bits per heavy atom. The Morgan fingerprint density at radius 2 is 1.68 bits per heavy atom. The van der Waals surface area contributed by atoms with Crippen LogP contribution in [0.2, 0.25) is 0 Å². The lowest BCUT2D eigenvalue weighted by Crippen LogP contribution is -2.33. The summed E-state index contributed by atoms with van der Waals surface area (Å²) in [6.07, 6.45) is -2.64. The van der Waals surface area contributed by atoms with Crippen LogP contribution in [0.25, 0.3) is 0 Å². The normalized spacial score (nSPS) is 20.7. The second-order valence-corrected chi connectivity index (χ2v) is 8.72. The molecule has 2 N–H and O–H groups in total. The van der Waals surface area contributed by atoms with Gasteiger partial charge in [0.2, 0.25) is 5.88 Å². The minimum Gasteiger partial charge on any atom is -0.481 e. The number of alkyl halides is 6. The number of aromatic nitrogens is 2. The third-order valence-corrected chi connectivity index (χ3v) is 5.73. The molecule has 4 heterocycles. The molecular weight excluding hydrogens is 556 g/mol. The molecule has 0 radical (unpaired) electrons. The highest BCUT2D eigenvalue weighted by Crippen LogP contribution is 2.37. The highest BCUT2D eigenvalue weighted by atomic mass is 19.4. The molecule has 2 saturated heterocycles. The molecule has 2 aliphatic rings. The summed E-state index contributed by atoms with van der Waals surface area (Å²) in [7, 11) is 1.67. The van der Waals surface area contributed by atoms with Crippen LogP contribution in [0.15, 0.2) is 42.9 Å². The monoisotopic (exact) mass is 583 g/mol. The number of carboxylic acids is 2. The Hall–Kier alpha value is -3.50. The van der Waals surface area contributed by atoms with Gasteiger partial charge in [0, 0.05) is 50.2 Å². The number of pyridine rings is 2. The maximum atomic E-state index is 10.6. The minimum absolute atomic E-state index is 0.0711. The quantitative estimate of drug-likeness (QED) is 0.486. The van der Waals surface area contributed by atoms with E-state index in [1.165, 1.54) is 0 Å². The van der Waals surface area contributed by atoms with Gasteiger partial charge in [0.25, 0.3) is 0 Å². The van der Waals surface area contributed by atoms with E-state index in [0.29, 0.717) is 19.1 Å². The number of aliphatic carboxylic acids is 2. The molecule has 40 heavy (non-hydrogen) atoms. The molecule has 0 bridgehead atoms. The van der Waals surface area contributed by atoms with Gasteiger partial charge in [0.1, 0.15) is 0 Å². The van der Waals surface area contributed by atoms with Gasteiger partial charge < -0.3 is 24.4 Å². The van der Waals surface area contributed by atoms with E-state index in [4.69, 9.17) is 34.0 Å². The Balaban J connectivity index is 0.000000333. The number of carboxylic acid groups (broad SMARTS) is 2. The van der Waals surface area contributed by atoms with E-state index in [9.17, 15) is 26.3 Å². The largest absolute Gasteiger partial charge is 0.490 e. The second-order valence-electron chi connectivity index (χ2n) is 8.72. The van der Waals surface area contributed by atoms with Crippen molar-refractivity contribution >= 4 is 11.9 Å². The van der Waals surface area contributed by atoms with Gasteiger partial charge in [0.15, 0.2) is 0 Å². The van der Waals surface area contributed by atoms with Gasteiger partial charge >= 0.3 is 24.3 Å². The van der Waals surface area contributed by atoms with E-state index in [1.54, 1.807) is 25.7 Å². The number of hydrogen-bond donors (Lipinski definition) is 2. The third-order valence-electron chi connectivity index (χ3n) is 5.73. The first-order valence-corrected chi connectivity index (χ1v) is 11.6. The van der Waals surface area contributed by atoms with Crippen LogP contribution in [-0.2, 0) is 32.2 Å². The number of nitrogens with zero attached hydrogens (tertiary/aromatic N) is 3. The van der Waals surface area contributed by atoms with Crippen LogP contribution in [-0.4, -0.2) is 87.9 Å². The maximum Gasteiger partial charge on any atom is 0.490 e. The molecule has 4 rings (SSSR count). The van der Waals surface area contributed by atoms with Crippen LogP contribution in [0, 0.1) is 0 Å². The fraction of sp³-hybridized carbons (Fsp3) is 0.500. The van der Waals surface area contributed by atoms with Crippen molar-refractivity contribution in [2.75, 3.05) is 26.8 Å². The Kier molecular flexibility index (Phi) is 11.6. The molecule has 0 unspecified atom stereocenters. The number of hydrogen-bond acceptors (Lipinski definition) is 8. The van der Waals surface area contributed by atoms with Gasteiger partial charge in [-0.15, -0.1) is 0 Å². The molecule has 16 heteroatoms. The standard InChI is InChI=1S/C20H25N3O3.2C2HF3O2/c1-24-19-17(3-2-7-22-19)12-23-10-6-20(15-23)11-18(14-26-20)25-13-16-4-8-21-9-5-16;2*3-2(4,5)1(6)7/h2-5,7-9,18H,6,10-15H2,1H3;2*(H,6,7)/t18-,20+;;/m1../s1. The fourth-order valence-corrected chi connectivity index (χ4v) is 3.92. The van der Waals surface area contributed by atoms with Crippen molar-refractivity contribution in [1.29, 1.82) is 0 Å². The van der Waals surface area contributed by atoms with Gasteiger partial charge in [-0.3, -0.25) is 9.88 Å². The third kappa shape index (κ3) is 10.6. The molecule has 222 valence electrons. The SMILES string of the molecule is COc1ncccc1CN1CC[C@]2(C[C@@H](OCc3ccncc3)CO2)C1.O=C(O)C(F)(F)F.O=C(O)C(F)(F)F. The first kappa shape index (κ1) is 32.7. The number of ether oxygens (including phenoxy) is 3. The molecule has 2 atom stereocenters. The van der Waals surface area contributed by atoms with E-state index >= 15 is 0 Å². The van der Waals surface area contributed by atoms with E-state index in [0.717, 1.165) is 43.6 Å². The van der Waals surface area contributed by atoms with Crippen LogP contribution in [0.4, 0.5) is 26.3 Å². The zero-order valence-corrected chi connectivity index (χ0v) is 21.1. The van der Waals surface area contributed by atoms with E-state index in [-0.39, 0.29) is 11.7 Å². The summed E-state index contributed by atoms with van der Waals surface area (Å²) in [6.45, 7) is 4.08. The molecular formula is C24H27F6N3O7. The Labute approximate surface area is 224 Å². The molecule has 2 fully saturated rings. The predicted molar refractivity (Wildman–Crippen MR) is 124 cm³/mol. The summed E-state index contributed by atoms with van der Waals surface area (Å²) in [5, 5.41) is 14.2. The first-order chi connectivity index (χ1) is 18.6. The van der Waals surface area contributed by atoms with Crippen LogP contribution in [0.3, 0.4) is 0 Å². The van der Waals surface area contributed by atoms with Gasteiger partial charge in [-0.2, -0.15) is 26.3 Å². The lowest BCUT2D eigenvalue weighted by Gasteiger charge is -2.23. The summed E-state index contributed by atoms with van der Waals surface area (Å²) < 4.78 is 81.1. The van der Waals surface area contributed by atoms with Crippen LogP contribution < -0.4 is 4.74 Å². The molecule has 0 saturated carbocycles.